The number of morpholine rings is 1. The van der Waals surface area contributed by atoms with Crippen molar-refractivity contribution in [2.75, 3.05) is 63.9 Å². The first-order chi connectivity index (χ1) is 13.7. The van der Waals surface area contributed by atoms with Crippen LogP contribution < -0.4 is 15.8 Å². The molecule has 2 aromatic rings. The Morgan fingerprint density at radius 3 is 2.61 bits per heavy atom. The number of nitrogens with one attached hydrogen (secondary N) is 1. The van der Waals surface area contributed by atoms with E-state index in [9.17, 15) is 10.1 Å². The fraction of sp³-hybridized carbons (Fsp3) is 0.524. The first-order valence-corrected chi connectivity index (χ1v) is 10.0. The quantitative estimate of drug-likeness (QED) is 0.849. The average Bonchev–Trinajstić information content (AvgIpc) is 2.74. The van der Waals surface area contributed by atoms with E-state index in [1.165, 1.54) is 0 Å². The minimum Gasteiger partial charge on any atom is -0.379 e. The summed E-state index contributed by atoms with van der Waals surface area (Å²) in [7, 11) is 0. The van der Waals surface area contributed by atoms with E-state index in [4.69, 9.17) is 4.74 Å². The second kappa shape index (κ2) is 8.31. The van der Waals surface area contributed by atoms with Gasteiger partial charge in [0.2, 0.25) is 0 Å². The minimum atomic E-state index is -0.180. The van der Waals surface area contributed by atoms with Crippen LogP contribution in [-0.4, -0.2) is 68.5 Å². The van der Waals surface area contributed by atoms with Gasteiger partial charge in [0, 0.05) is 57.7 Å². The second-order valence-electron chi connectivity index (χ2n) is 7.50. The molecular formula is C21H27N5O2. The molecule has 0 unspecified atom stereocenters. The molecule has 2 saturated heterocycles. The number of nitriles is 1. The highest BCUT2D eigenvalue weighted by Gasteiger charge is 2.23. The molecule has 0 amide bonds. The third-order valence-electron chi connectivity index (χ3n) is 5.68. The summed E-state index contributed by atoms with van der Waals surface area (Å²) in [5, 5.41) is 14.2. The monoisotopic (exact) mass is 381 g/mol. The molecule has 4 rings (SSSR count). The SMILES string of the molecule is Cc1ccc2c(c1)c(N1CCNCC1)c(C#N)c(=O)n2CCN1CCOCC1. The predicted octanol–water partition coefficient (Wildman–Crippen LogP) is 0.923. The molecule has 0 aliphatic carbocycles. The van der Waals surface area contributed by atoms with Crippen LogP contribution in [0.4, 0.5) is 5.69 Å². The third kappa shape index (κ3) is 3.63. The summed E-state index contributed by atoms with van der Waals surface area (Å²) in [4.78, 5) is 17.8. The number of aryl methyl sites for hydroxylation is 1. The summed E-state index contributed by atoms with van der Waals surface area (Å²) in [6, 6.07) is 8.40. The topological polar surface area (TPSA) is 73.5 Å². The van der Waals surface area contributed by atoms with Gasteiger partial charge in [0.25, 0.3) is 5.56 Å². The molecule has 7 nitrogen and oxygen atoms in total. The van der Waals surface area contributed by atoms with Gasteiger partial charge in [0.1, 0.15) is 11.6 Å². The molecule has 0 radical (unpaired) electrons. The molecule has 0 saturated carbocycles. The standard InChI is InChI=1S/C21H27N5O2/c1-16-2-3-19-17(14-16)20(25-6-4-23-5-7-25)18(15-22)21(27)26(19)9-8-24-10-12-28-13-11-24/h2-3,14,23H,4-13H2,1H3. The van der Waals surface area contributed by atoms with Crippen LogP contribution in [0.5, 0.6) is 0 Å². The van der Waals surface area contributed by atoms with Gasteiger partial charge < -0.3 is 19.5 Å². The van der Waals surface area contributed by atoms with Crippen molar-refractivity contribution in [3.63, 3.8) is 0 Å². The second-order valence-corrected chi connectivity index (χ2v) is 7.50. The number of anilines is 1. The van der Waals surface area contributed by atoms with Crippen molar-refractivity contribution in [1.29, 1.82) is 5.26 Å². The van der Waals surface area contributed by atoms with Gasteiger partial charge in [-0.2, -0.15) is 5.26 Å². The minimum absolute atomic E-state index is 0.180. The van der Waals surface area contributed by atoms with Gasteiger partial charge in [-0.1, -0.05) is 11.6 Å². The highest BCUT2D eigenvalue weighted by Crippen LogP contribution is 2.30. The molecule has 28 heavy (non-hydrogen) atoms. The Labute approximate surface area is 165 Å². The van der Waals surface area contributed by atoms with Crippen LogP contribution in [0.1, 0.15) is 11.1 Å². The van der Waals surface area contributed by atoms with Crippen LogP contribution in [0.15, 0.2) is 23.0 Å². The predicted molar refractivity (Wildman–Crippen MR) is 110 cm³/mol. The van der Waals surface area contributed by atoms with Crippen LogP contribution in [0.3, 0.4) is 0 Å². The van der Waals surface area contributed by atoms with Gasteiger partial charge in [-0.15, -0.1) is 0 Å². The zero-order valence-corrected chi connectivity index (χ0v) is 16.4. The number of aromatic nitrogens is 1. The van der Waals surface area contributed by atoms with E-state index in [1.807, 2.05) is 12.1 Å². The normalized spacial score (nSPS) is 18.4. The van der Waals surface area contributed by atoms with Crippen LogP contribution in [0, 0.1) is 18.3 Å². The number of hydrogen-bond acceptors (Lipinski definition) is 6. The Morgan fingerprint density at radius 1 is 1.14 bits per heavy atom. The molecule has 2 aliphatic heterocycles. The van der Waals surface area contributed by atoms with E-state index in [0.29, 0.717) is 6.54 Å². The van der Waals surface area contributed by atoms with Gasteiger partial charge in [-0.05, 0) is 19.1 Å². The van der Waals surface area contributed by atoms with Gasteiger partial charge in [0.05, 0.1) is 24.4 Å². The van der Waals surface area contributed by atoms with Crippen LogP contribution in [0.25, 0.3) is 10.9 Å². The summed E-state index contributed by atoms with van der Waals surface area (Å²) in [6.45, 7) is 9.97. The van der Waals surface area contributed by atoms with Crippen molar-refractivity contribution in [2.45, 2.75) is 13.5 Å². The highest BCUT2D eigenvalue weighted by molar-refractivity contribution is 5.95. The van der Waals surface area contributed by atoms with Crippen molar-refractivity contribution >= 4 is 16.6 Å². The molecule has 3 heterocycles. The fourth-order valence-corrected chi connectivity index (χ4v) is 4.16. The van der Waals surface area contributed by atoms with Crippen molar-refractivity contribution < 1.29 is 4.74 Å². The molecular weight excluding hydrogens is 354 g/mol. The van der Waals surface area contributed by atoms with Crippen LogP contribution >= 0.6 is 0 Å². The van der Waals surface area contributed by atoms with E-state index in [1.54, 1.807) is 4.57 Å². The zero-order valence-electron chi connectivity index (χ0n) is 16.4. The van der Waals surface area contributed by atoms with Crippen LogP contribution in [0.2, 0.25) is 0 Å². The Kier molecular flexibility index (Phi) is 5.62. The summed E-state index contributed by atoms with van der Waals surface area (Å²) >= 11 is 0. The molecule has 0 spiro atoms. The summed E-state index contributed by atoms with van der Waals surface area (Å²) in [6.07, 6.45) is 0. The lowest BCUT2D eigenvalue weighted by Gasteiger charge is -2.32. The largest absolute Gasteiger partial charge is 0.379 e. The summed E-state index contributed by atoms with van der Waals surface area (Å²) in [5.74, 6) is 0. The molecule has 2 fully saturated rings. The number of rotatable bonds is 4. The third-order valence-corrected chi connectivity index (χ3v) is 5.68. The van der Waals surface area contributed by atoms with E-state index >= 15 is 0 Å². The van der Waals surface area contributed by atoms with Gasteiger partial charge in [-0.3, -0.25) is 9.69 Å². The van der Waals surface area contributed by atoms with E-state index in [-0.39, 0.29) is 11.1 Å². The van der Waals surface area contributed by atoms with Crippen molar-refractivity contribution in [2.24, 2.45) is 0 Å². The number of piperazine rings is 1. The number of hydrogen-bond donors (Lipinski definition) is 1. The lowest BCUT2D eigenvalue weighted by atomic mass is 10.0. The number of fused-ring (bicyclic) bond motifs is 1. The Balaban J connectivity index is 1.80. The summed E-state index contributed by atoms with van der Waals surface area (Å²) < 4.78 is 7.20. The number of pyridine rings is 1. The van der Waals surface area contributed by atoms with Gasteiger partial charge in [-0.25, -0.2) is 0 Å². The number of ether oxygens (including phenoxy) is 1. The zero-order chi connectivity index (χ0) is 19.5. The number of nitrogens with zero attached hydrogens (tertiary/aromatic N) is 4. The van der Waals surface area contributed by atoms with Crippen molar-refractivity contribution in [3.05, 3.63) is 39.7 Å². The average molecular weight is 381 g/mol. The lowest BCUT2D eigenvalue weighted by Crippen LogP contribution is -2.45. The molecule has 148 valence electrons. The molecule has 1 aromatic heterocycles. The Bertz CT molecular complexity index is 950. The Hall–Kier alpha value is -2.40. The van der Waals surface area contributed by atoms with Gasteiger partial charge in [0.15, 0.2) is 0 Å². The first-order valence-electron chi connectivity index (χ1n) is 10.0. The molecule has 0 bridgehead atoms. The molecule has 7 heteroatoms. The van der Waals surface area contributed by atoms with Crippen molar-refractivity contribution in [3.8, 4) is 6.07 Å². The van der Waals surface area contributed by atoms with Crippen LogP contribution in [-0.2, 0) is 11.3 Å². The maximum absolute atomic E-state index is 13.3. The fourth-order valence-electron chi connectivity index (χ4n) is 4.16. The molecule has 1 N–H and O–H groups in total. The smallest absolute Gasteiger partial charge is 0.271 e. The first kappa shape index (κ1) is 18.9. The van der Waals surface area contributed by atoms with E-state index in [0.717, 1.165) is 81.2 Å². The van der Waals surface area contributed by atoms with Gasteiger partial charge >= 0.3 is 0 Å². The maximum atomic E-state index is 13.3. The summed E-state index contributed by atoms with van der Waals surface area (Å²) in [5.41, 5.74) is 2.93. The highest BCUT2D eigenvalue weighted by atomic mass is 16.5. The molecule has 0 atom stereocenters. The molecule has 1 aromatic carbocycles. The molecule has 2 aliphatic rings. The van der Waals surface area contributed by atoms with E-state index in [2.05, 4.69) is 34.2 Å². The lowest BCUT2D eigenvalue weighted by molar-refractivity contribution is 0.0364. The van der Waals surface area contributed by atoms with E-state index < -0.39 is 0 Å². The number of benzene rings is 1. The maximum Gasteiger partial charge on any atom is 0.271 e. The Morgan fingerprint density at radius 2 is 1.89 bits per heavy atom. The van der Waals surface area contributed by atoms with Crippen molar-refractivity contribution in [1.82, 2.24) is 14.8 Å².